The maximum atomic E-state index is 5.91. The van der Waals surface area contributed by atoms with Crippen LogP contribution in [-0.2, 0) is 6.42 Å². The van der Waals surface area contributed by atoms with Gasteiger partial charge in [0.15, 0.2) is 5.13 Å². The standard InChI is InChI=1S/C14H13ClN2S2/c1-9-2-4-11-12(8-9)19-14(17-11)16-7-6-10-3-5-13(15)18-10/h2-5,8H,6-7H2,1H3,(H,16,17). The number of rotatable bonds is 4. The maximum Gasteiger partial charge on any atom is 0.183 e. The number of aromatic nitrogens is 1. The first-order valence-electron chi connectivity index (χ1n) is 6.06. The first-order chi connectivity index (χ1) is 9.20. The summed E-state index contributed by atoms with van der Waals surface area (Å²) in [7, 11) is 0. The Bertz CT molecular complexity index is 702. The van der Waals surface area contributed by atoms with Crippen molar-refractivity contribution in [2.24, 2.45) is 0 Å². The van der Waals surface area contributed by atoms with Crippen molar-refractivity contribution in [3.05, 3.63) is 45.1 Å². The summed E-state index contributed by atoms with van der Waals surface area (Å²) in [6, 6.07) is 10.4. The first-order valence-corrected chi connectivity index (χ1v) is 8.07. The highest BCUT2D eigenvalue weighted by Crippen LogP contribution is 2.27. The second-order valence-electron chi connectivity index (χ2n) is 4.37. The third-order valence-corrected chi connectivity index (χ3v) is 5.09. The van der Waals surface area contributed by atoms with E-state index in [9.17, 15) is 0 Å². The molecule has 5 heteroatoms. The van der Waals surface area contributed by atoms with Crippen LogP contribution in [0.3, 0.4) is 0 Å². The third-order valence-electron chi connectivity index (χ3n) is 2.82. The molecule has 2 heterocycles. The van der Waals surface area contributed by atoms with Gasteiger partial charge in [-0.1, -0.05) is 29.0 Å². The number of benzene rings is 1. The molecule has 0 aliphatic carbocycles. The van der Waals surface area contributed by atoms with Crippen LogP contribution >= 0.6 is 34.3 Å². The zero-order valence-electron chi connectivity index (χ0n) is 10.4. The molecule has 0 radical (unpaired) electrons. The Hall–Kier alpha value is -1.10. The molecule has 0 aliphatic heterocycles. The second kappa shape index (κ2) is 5.49. The molecule has 0 saturated carbocycles. The first kappa shape index (κ1) is 12.9. The van der Waals surface area contributed by atoms with Gasteiger partial charge in [0.1, 0.15) is 0 Å². The van der Waals surface area contributed by atoms with Crippen LogP contribution in [0.4, 0.5) is 5.13 Å². The Morgan fingerprint density at radius 2 is 2.11 bits per heavy atom. The highest BCUT2D eigenvalue weighted by Gasteiger charge is 2.04. The monoisotopic (exact) mass is 308 g/mol. The third kappa shape index (κ3) is 3.08. The van der Waals surface area contributed by atoms with E-state index in [1.807, 2.05) is 6.07 Å². The zero-order valence-corrected chi connectivity index (χ0v) is 12.8. The Morgan fingerprint density at radius 3 is 2.89 bits per heavy atom. The van der Waals surface area contributed by atoms with Gasteiger partial charge in [-0.3, -0.25) is 0 Å². The number of thiophene rings is 1. The van der Waals surface area contributed by atoms with Gasteiger partial charge in [0, 0.05) is 11.4 Å². The predicted molar refractivity (Wildman–Crippen MR) is 85.9 cm³/mol. The van der Waals surface area contributed by atoms with Crippen LogP contribution in [0.1, 0.15) is 10.4 Å². The van der Waals surface area contributed by atoms with E-state index in [0.29, 0.717) is 0 Å². The minimum absolute atomic E-state index is 0.852. The zero-order chi connectivity index (χ0) is 13.2. The van der Waals surface area contributed by atoms with Gasteiger partial charge in [-0.2, -0.15) is 0 Å². The lowest BCUT2D eigenvalue weighted by molar-refractivity contribution is 1.04. The molecular formula is C14H13ClN2S2. The van der Waals surface area contributed by atoms with Gasteiger partial charge in [-0.15, -0.1) is 11.3 Å². The van der Waals surface area contributed by atoms with Crippen LogP contribution < -0.4 is 5.32 Å². The molecule has 0 unspecified atom stereocenters. The molecule has 0 saturated heterocycles. The second-order valence-corrected chi connectivity index (χ2v) is 7.20. The molecule has 19 heavy (non-hydrogen) atoms. The molecule has 3 rings (SSSR count). The van der Waals surface area contributed by atoms with E-state index < -0.39 is 0 Å². The van der Waals surface area contributed by atoms with Gasteiger partial charge in [-0.25, -0.2) is 4.98 Å². The van der Waals surface area contributed by atoms with E-state index in [0.717, 1.165) is 28.0 Å². The van der Waals surface area contributed by atoms with Crippen molar-refractivity contribution >= 4 is 49.6 Å². The van der Waals surface area contributed by atoms with Crippen molar-refractivity contribution < 1.29 is 0 Å². The van der Waals surface area contributed by atoms with Crippen molar-refractivity contribution in [3.8, 4) is 0 Å². The minimum Gasteiger partial charge on any atom is -0.361 e. The number of anilines is 1. The van der Waals surface area contributed by atoms with Crippen molar-refractivity contribution in [1.29, 1.82) is 0 Å². The van der Waals surface area contributed by atoms with Gasteiger partial charge in [-0.05, 0) is 43.2 Å². The SMILES string of the molecule is Cc1ccc2nc(NCCc3ccc(Cl)s3)sc2c1. The summed E-state index contributed by atoms with van der Waals surface area (Å²) in [5.41, 5.74) is 2.34. The van der Waals surface area contributed by atoms with Crippen molar-refractivity contribution in [1.82, 2.24) is 4.98 Å². The fourth-order valence-corrected chi connectivity index (χ4v) is 3.96. The van der Waals surface area contributed by atoms with Gasteiger partial charge >= 0.3 is 0 Å². The molecule has 0 aliphatic rings. The summed E-state index contributed by atoms with van der Waals surface area (Å²) in [5.74, 6) is 0. The smallest absolute Gasteiger partial charge is 0.183 e. The molecular weight excluding hydrogens is 296 g/mol. The summed E-state index contributed by atoms with van der Waals surface area (Å²) < 4.78 is 2.09. The quantitative estimate of drug-likeness (QED) is 0.735. The lowest BCUT2D eigenvalue weighted by Gasteiger charge is -1.99. The van der Waals surface area contributed by atoms with Crippen molar-refractivity contribution in [2.45, 2.75) is 13.3 Å². The number of fused-ring (bicyclic) bond motifs is 1. The summed E-state index contributed by atoms with van der Waals surface area (Å²) in [6.07, 6.45) is 0.979. The Kier molecular flexibility index (Phi) is 3.73. The lowest BCUT2D eigenvalue weighted by Crippen LogP contribution is -2.03. The number of nitrogens with one attached hydrogen (secondary N) is 1. The molecule has 1 aromatic carbocycles. The average molecular weight is 309 g/mol. The fourth-order valence-electron chi connectivity index (χ4n) is 1.89. The van der Waals surface area contributed by atoms with Gasteiger partial charge in [0.25, 0.3) is 0 Å². The van der Waals surface area contributed by atoms with Gasteiger partial charge in [0.05, 0.1) is 14.6 Å². The Balaban J connectivity index is 1.65. The van der Waals surface area contributed by atoms with Crippen LogP contribution in [0, 0.1) is 6.92 Å². The van der Waals surface area contributed by atoms with Crippen molar-refractivity contribution in [2.75, 3.05) is 11.9 Å². The fraction of sp³-hybridized carbons (Fsp3) is 0.214. The largest absolute Gasteiger partial charge is 0.361 e. The minimum atomic E-state index is 0.852. The topological polar surface area (TPSA) is 24.9 Å². The average Bonchev–Trinajstić information content (AvgIpc) is 2.95. The highest BCUT2D eigenvalue weighted by atomic mass is 35.5. The van der Waals surface area contributed by atoms with Crippen LogP contribution in [-0.4, -0.2) is 11.5 Å². The molecule has 2 aromatic heterocycles. The van der Waals surface area contributed by atoms with Gasteiger partial charge in [0.2, 0.25) is 0 Å². The Morgan fingerprint density at radius 1 is 1.21 bits per heavy atom. The molecule has 0 atom stereocenters. The lowest BCUT2D eigenvalue weighted by atomic mass is 10.2. The van der Waals surface area contributed by atoms with E-state index in [4.69, 9.17) is 11.6 Å². The maximum absolute atomic E-state index is 5.91. The van der Waals surface area contributed by atoms with E-state index in [1.54, 1.807) is 22.7 Å². The summed E-state index contributed by atoms with van der Waals surface area (Å²) in [6.45, 7) is 2.99. The van der Waals surface area contributed by atoms with E-state index in [1.165, 1.54) is 15.1 Å². The molecule has 0 spiro atoms. The highest BCUT2D eigenvalue weighted by molar-refractivity contribution is 7.22. The number of nitrogens with zero attached hydrogens (tertiary/aromatic N) is 1. The molecule has 98 valence electrons. The van der Waals surface area contributed by atoms with Crippen LogP contribution in [0.15, 0.2) is 30.3 Å². The van der Waals surface area contributed by atoms with Crippen molar-refractivity contribution in [3.63, 3.8) is 0 Å². The molecule has 2 nitrogen and oxygen atoms in total. The summed E-state index contributed by atoms with van der Waals surface area (Å²) in [4.78, 5) is 5.88. The Labute approximate surface area is 125 Å². The molecule has 3 aromatic rings. The molecule has 1 N–H and O–H groups in total. The van der Waals surface area contributed by atoms with E-state index in [2.05, 4.69) is 41.5 Å². The molecule has 0 bridgehead atoms. The van der Waals surface area contributed by atoms with Crippen LogP contribution in [0.5, 0.6) is 0 Å². The molecule has 0 amide bonds. The summed E-state index contributed by atoms with van der Waals surface area (Å²) in [5, 5.41) is 4.37. The number of halogens is 1. The predicted octanol–water partition coefficient (Wildman–Crippen LogP) is 4.97. The normalized spacial score (nSPS) is 11.1. The molecule has 0 fully saturated rings. The number of aryl methyl sites for hydroxylation is 1. The number of hydrogen-bond acceptors (Lipinski definition) is 4. The number of thiazole rings is 1. The number of hydrogen-bond donors (Lipinski definition) is 1. The van der Waals surface area contributed by atoms with Gasteiger partial charge < -0.3 is 5.32 Å². The van der Waals surface area contributed by atoms with Crippen LogP contribution in [0.2, 0.25) is 4.34 Å². The van der Waals surface area contributed by atoms with E-state index >= 15 is 0 Å². The van der Waals surface area contributed by atoms with E-state index in [-0.39, 0.29) is 0 Å². The summed E-state index contributed by atoms with van der Waals surface area (Å²) >= 11 is 9.26. The van der Waals surface area contributed by atoms with Crippen LogP contribution in [0.25, 0.3) is 10.2 Å².